The zero-order chi connectivity index (χ0) is 37.2. The second-order valence-corrected chi connectivity index (χ2v) is 15.2. The minimum Gasteiger partial charge on any atom is -0.308 e. The standard InChI is InChI=1S/C51H32N6/c1-3-14-31(15-4-1)49-52-50(32-16-5-2-6-17-32)54-51(53-49)57-44-25-12-9-20-36(44)40-28-27-39-35-19-7-10-23-42(35)55(47(39)48(40)57)33-26-29-45-41(30-33)38-22-13-21-37-34-18-8-11-24-43(34)56(45)46(37)38/h1-30,36,44H. The van der Waals surface area contributed by atoms with E-state index in [9.17, 15) is 0 Å². The van der Waals surface area contributed by atoms with Crippen LogP contribution in [0.15, 0.2) is 182 Å². The van der Waals surface area contributed by atoms with E-state index in [1.807, 2.05) is 36.4 Å². The molecule has 4 aromatic heterocycles. The van der Waals surface area contributed by atoms with Gasteiger partial charge in [-0.25, -0.2) is 4.98 Å². The van der Waals surface area contributed by atoms with Crippen molar-refractivity contribution in [1.82, 2.24) is 23.9 Å². The first-order chi connectivity index (χ1) is 28.3. The Morgan fingerprint density at radius 1 is 0.439 bits per heavy atom. The molecule has 0 fully saturated rings. The van der Waals surface area contributed by atoms with Gasteiger partial charge in [0.2, 0.25) is 5.95 Å². The van der Waals surface area contributed by atoms with Crippen molar-refractivity contribution in [3.63, 3.8) is 0 Å². The molecule has 0 saturated heterocycles. The van der Waals surface area contributed by atoms with Crippen LogP contribution in [0.25, 0.3) is 88.4 Å². The lowest BCUT2D eigenvalue weighted by molar-refractivity contribution is 0.728. The van der Waals surface area contributed by atoms with Crippen LogP contribution in [0.3, 0.4) is 0 Å². The van der Waals surface area contributed by atoms with Gasteiger partial charge in [0, 0.05) is 55.0 Å². The van der Waals surface area contributed by atoms with E-state index in [0.717, 1.165) is 33.5 Å². The van der Waals surface area contributed by atoms with Gasteiger partial charge in [-0.15, -0.1) is 0 Å². The van der Waals surface area contributed by atoms with Gasteiger partial charge in [-0.05, 0) is 35.9 Å². The van der Waals surface area contributed by atoms with Crippen LogP contribution < -0.4 is 4.90 Å². The van der Waals surface area contributed by atoms with Crippen molar-refractivity contribution in [2.75, 3.05) is 4.90 Å². The second-order valence-electron chi connectivity index (χ2n) is 15.2. The zero-order valence-corrected chi connectivity index (χ0v) is 30.7. The highest BCUT2D eigenvalue weighted by molar-refractivity contribution is 6.23. The molecule has 1 aliphatic heterocycles. The van der Waals surface area contributed by atoms with E-state index in [2.05, 4.69) is 159 Å². The Bertz CT molecular complexity index is 3430. The fourth-order valence-corrected chi connectivity index (χ4v) is 9.82. The SMILES string of the molecule is C1=CC2c3ccc4c5ccccc5n(-c5ccc6c(c5)c5cccc7c8ccccc8n6c75)c4c3N(c3nc(-c4ccccc4)nc(-c4ccccc4)n3)C2C=C1. The number of para-hydroxylation sites is 3. The smallest absolute Gasteiger partial charge is 0.234 e. The third kappa shape index (κ3) is 4.21. The highest BCUT2D eigenvalue weighted by Gasteiger charge is 2.41. The van der Waals surface area contributed by atoms with Crippen molar-refractivity contribution in [3.05, 3.63) is 188 Å². The topological polar surface area (TPSA) is 51.2 Å². The molecule has 6 nitrogen and oxygen atoms in total. The van der Waals surface area contributed by atoms with Gasteiger partial charge in [0.15, 0.2) is 11.6 Å². The first-order valence-corrected chi connectivity index (χ1v) is 19.5. The summed E-state index contributed by atoms with van der Waals surface area (Å²) >= 11 is 0. The lowest BCUT2D eigenvalue weighted by atomic mass is 9.91. The number of aromatic nitrogens is 5. The average Bonchev–Trinajstić information content (AvgIpc) is 4.01. The Hall–Kier alpha value is -7.57. The van der Waals surface area contributed by atoms with Crippen molar-refractivity contribution in [2.45, 2.75) is 12.0 Å². The van der Waals surface area contributed by atoms with Gasteiger partial charge in [0.1, 0.15) is 0 Å². The maximum absolute atomic E-state index is 5.31. The van der Waals surface area contributed by atoms with E-state index in [1.54, 1.807) is 0 Å². The van der Waals surface area contributed by atoms with Gasteiger partial charge in [-0.2, -0.15) is 9.97 Å². The van der Waals surface area contributed by atoms with E-state index in [-0.39, 0.29) is 12.0 Å². The quantitative estimate of drug-likeness (QED) is 0.181. The van der Waals surface area contributed by atoms with Crippen LogP contribution >= 0.6 is 0 Å². The molecule has 0 N–H and O–H groups in total. The first kappa shape index (κ1) is 30.7. The summed E-state index contributed by atoms with van der Waals surface area (Å²) in [5.41, 5.74) is 11.4. The van der Waals surface area contributed by atoms with E-state index in [1.165, 1.54) is 54.4 Å². The molecule has 7 aromatic carbocycles. The van der Waals surface area contributed by atoms with Crippen LogP contribution in [0, 0.1) is 0 Å². The van der Waals surface area contributed by atoms with Crippen molar-refractivity contribution < 1.29 is 0 Å². The van der Waals surface area contributed by atoms with Crippen molar-refractivity contribution >= 4 is 71.5 Å². The molecule has 5 heterocycles. The van der Waals surface area contributed by atoms with Crippen LogP contribution in [0.5, 0.6) is 0 Å². The first-order valence-electron chi connectivity index (χ1n) is 19.5. The summed E-state index contributed by atoms with van der Waals surface area (Å²) in [6.45, 7) is 0. The summed E-state index contributed by atoms with van der Waals surface area (Å²) in [4.78, 5) is 18.1. The van der Waals surface area contributed by atoms with E-state index in [0.29, 0.717) is 17.6 Å². The van der Waals surface area contributed by atoms with Gasteiger partial charge in [-0.1, -0.05) is 152 Å². The molecule has 1 aliphatic carbocycles. The number of fused-ring (bicyclic) bond motifs is 13. The number of hydrogen-bond donors (Lipinski definition) is 0. The molecule has 2 atom stereocenters. The van der Waals surface area contributed by atoms with Crippen LogP contribution in [-0.4, -0.2) is 30.0 Å². The Labute approximate surface area is 327 Å². The predicted molar refractivity (Wildman–Crippen MR) is 233 cm³/mol. The molecule has 13 rings (SSSR count). The molecule has 0 spiro atoms. The molecule has 2 unspecified atom stereocenters. The predicted octanol–water partition coefficient (Wildman–Crippen LogP) is 12.2. The van der Waals surface area contributed by atoms with Gasteiger partial charge < -0.3 is 13.9 Å². The largest absolute Gasteiger partial charge is 0.308 e. The molecular formula is C51H32N6. The Morgan fingerprint density at radius 2 is 1.04 bits per heavy atom. The molecule has 0 amide bonds. The Balaban J connectivity index is 1.12. The van der Waals surface area contributed by atoms with Gasteiger partial charge in [0.25, 0.3) is 0 Å². The summed E-state index contributed by atoms with van der Waals surface area (Å²) in [7, 11) is 0. The van der Waals surface area contributed by atoms with Crippen LogP contribution in [0.2, 0.25) is 0 Å². The molecular weight excluding hydrogens is 697 g/mol. The fraction of sp³-hybridized carbons (Fsp3) is 0.0392. The summed E-state index contributed by atoms with van der Waals surface area (Å²) in [5, 5.41) is 7.49. The minimum atomic E-state index is -0.0199. The lowest BCUT2D eigenvalue weighted by Crippen LogP contribution is -2.30. The third-order valence-corrected chi connectivity index (χ3v) is 12.2. The number of allylic oxidation sites excluding steroid dienone is 2. The number of anilines is 2. The number of benzene rings is 7. The highest BCUT2D eigenvalue weighted by atomic mass is 15.3. The van der Waals surface area contributed by atoms with Gasteiger partial charge in [-0.3, -0.25) is 0 Å². The van der Waals surface area contributed by atoms with Gasteiger partial charge >= 0.3 is 0 Å². The van der Waals surface area contributed by atoms with Crippen molar-refractivity contribution in [3.8, 4) is 28.5 Å². The maximum Gasteiger partial charge on any atom is 0.234 e. The Morgan fingerprint density at radius 3 is 1.79 bits per heavy atom. The summed E-state index contributed by atoms with van der Waals surface area (Å²) < 4.78 is 4.92. The normalized spacial score (nSPS) is 16.2. The van der Waals surface area contributed by atoms with Gasteiger partial charge in [0.05, 0.1) is 39.3 Å². The highest BCUT2D eigenvalue weighted by Crippen LogP contribution is 2.52. The maximum atomic E-state index is 5.31. The Kier molecular flexibility index (Phi) is 6.19. The zero-order valence-electron chi connectivity index (χ0n) is 30.7. The fourth-order valence-electron chi connectivity index (χ4n) is 9.82. The molecule has 11 aromatic rings. The molecule has 57 heavy (non-hydrogen) atoms. The van der Waals surface area contributed by atoms with Crippen LogP contribution in [0.4, 0.5) is 11.6 Å². The molecule has 6 heteroatoms. The second kappa shape index (κ2) is 11.5. The minimum absolute atomic E-state index is 0.0199. The van der Waals surface area contributed by atoms with E-state index < -0.39 is 0 Å². The average molecular weight is 729 g/mol. The summed E-state index contributed by atoms with van der Waals surface area (Å²) in [5.74, 6) is 2.05. The molecule has 2 aliphatic rings. The van der Waals surface area contributed by atoms with Crippen molar-refractivity contribution in [1.29, 1.82) is 0 Å². The van der Waals surface area contributed by atoms with E-state index in [4.69, 9.17) is 15.0 Å². The number of hydrogen-bond acceptors (Lipinski definition) is 4. The van der Waals surface area contributed by atoms with Crippen LogP contribution in [-0.2, 0) is 0 Å². The molecule has 0 saturated carbocycles. The lowest BCUT2D eigenvalue weighted by Gasteiger charge is -2.27. The third-order valence-electron chi connectivity index (χ3n) is 12.2. The molecule has 0 radical (unpaired) electrons. The number of nitrogens with zero attached hydrogens (tertiary/aromatic N) is 6. The summed E-state index contributed by atoms with van der Waals surface area (Å²) in [6.07, 6.45) is 8.96. The number of rotatable bonds is 4. The summed E-state index contributed by atoms with van der Waals surface area (Å²) in [6, 6.07) is 56.4. The molecule has 266 valence electrons. The van der Waals surface area contributed by atoms with Crippen molar-refractivity contribution in [2.24, 2.45) is 0 Å². The van der Waals surface area contributed by atoms with Crippen LogP contribution in [0.1, 0.15) is 11.5 Å². The monoisotopic (exact) mass is 728 g/mol. The van der Waals surface area contributed by atoms with E-state index >= 15 is 0 Å². The molecule has 0 bridgehead atoms.